The SMILES string of the molecule is CCN(C)C=Nc1cc(C2CC2)c(OC2Cc3cc(OC)c(OC)cc3C2)nc1C. The molecule has 0 radical (unpaired) electrons. The first-order chi connectivity index (χ1) is 14.5. The Morgan fingerprint density at radius 1 is 1.10 bits per heavy atom. The Kier molecular flexibility index (Phi) is 5.84. The smallest absolute Gasteiger partial charge is 0.217 e. The molecule has 6 nitrogen and oxygen atoms in total. The van der Waals surface area contributed by atoms with Gasteiger partial charge in [-0.25, -0.2) is 9.98 Å². The van der Waals surface area contributed by atoms with Gasteiger partial charge in [0.2, 0.25) is 5.88 Å². The van der Waals surface area contributed by atoms with E-state index in [1.165, 1.54) is 29.5 Å². The van der Waals surface area contributed by atoms with Gasteiger partial charge in [-0.05, 0) is 61.9 Å². The van der Waals surface area contributed by atoms with Crippen molar-refractivity contribution in [3.8, 4) is 17.4 Å². The van der Waals surface area contributed by atoms with Gasteiger partial charge in [-0.2, -0.15) is 0 Å². The minimum absolute atomic E-state index is 0.0711. The fraction of sp³-hybridized carbons (Fsp3) is 0.500. The second kappa shape index (κ2) is 8.54. The largest absolute Gasteiger partial charge is 0.493 e. The van der Waals surface area contributed by atoms with Crippen LogP contribution in [0.15, 0.2) is 23.2 Å². The van der Waals surface area contributed by atoms with Gasteiger partial charge in [-0.3, -0.25) is 0 Å². The van der Waals surface area contributed by atoms with Gasteiger partial charge in [-0.15, -0.1) is 0 Å². The second-order valence-electron chi connectivity index (χ2n) is 8.20. The fourth-order valence-corrected chi connectivity index (χ4v) is 3.89. The third-order valence-electron chi connectivity index (χ3n) is 5.97. The molecule has 1 aromatic carbocycles. The molecule has 0 N–H and O–H groups in total. The van der Waals surface area contributed by atoms with E-state index in [2.05, 4.69) is 35.0 Å². The lowest BCUT2D eigenvalue weighted by Crippen LogP contribution is -2.18. The number of hydrogen-bond acceptors (Lipinski definition) is 5. The number of aryl methyl sites for hydroxylation is 1. The first-order valence-electron chi connectivity index (χ1n) is 10.7. The number of rotatable bonds is 8. The van der Waals surface area contributed by atoms with Crippen LogP contribution in [0.25, 0.3) is 0 Å². The van der Waals surface area contributed by atoms with Crippen LogP contribution in [-0.2, 0) is 12.8 Å². The Morgan fingerprint density at radius 3 is 2.27 bits per heavy atom. The molecule has 0 spiro atoms. The minimum atomic E-state index is 0.0711. The molecule has 6 heteroatoms. The van der Waals surface area contributed by atoms with E-state index in [1.54, 1.807) is 14.2 Å². The molecule has 0 aliphatic heterocycles. The number of aliphatic imine (C=N–C) groups is 1. The van der Waals surface area contributed by atoms with Crippen molar-refractivity contribution in [2.24, 2.45) is 4.99 Å². The maximum Gasteiger partial charge on any atom is 0.217 e. The van der Waals surface area contributed by atoms with Crippen molar-refractivity contribution in [2.45, 2.75) is 51.6 Å². The van der Waals surface area contributed by atoms with Gasteiger partial charge in [0.25, 0.3) is 0 Å². The van der Waals surface area contributed by atoms with Gasteiger partial charge in [-0.1, -0.05) is 0 Å². The van der Waals surface area contributed by atoms with Crippen LogP contribution in [0.2, 0.25) is 0 Å². The second-order valence-corrected chi connectivity index (χ2v) is 8.20. The molecule has 1 saturated carbocycles. The predicted molar refractivity (Wildman–Crippen MR) is 119 cm³/mol. The van der Waals surface area contributed by atoms with E-state index in [9.17, 15) is 0 Å². The zero-order valence-electron chi connectivity index (χ0n) is 18.6. The monoisotopic (exact) mass is 409 g/mol. The third kappa shape index (κ3) is 4.23. The van der Waals surface area contributed by atoms with Gasteiger partial charge in [0.15, 0.2) is 11.5 Å². The molecule has 0 unspecified atom stereocenters. The van der Waals surface area contributed by atoms with Gasteiger partial charge in [0, 0.05) is 32.0 Å². The van der Waals surface area contributed by atoms with Crippen molar-refractivity contribution >= 4 is 12.0 Å². The summed E-state index contributed by atoms with van der Waals surface area (Å²) in [5.41, 5.74) is 5.53. The predicted octanol–water partition coefficient (Wildman–Crippen LogP) is 4.44. The van der Waals surface area contributed by atoms with E-state index < -0.39 is 0 Å². The zero-order valence-corrected chi connectivity index (χ0v) is 18.6. The third-order valence-corrected chi connectivity index (χ3v) is 5.97. The molecule has 4 rings (SSSR count). The summed E-state index contributed by atoms with van der Waals surface area (Å²) in [7, 11) is 5.36. The van der Waals surface area contributed by atoms with E-state index in [-0.39, 0.29) is 6.10 Å². The lowest BCUT2D eigenvalue weighted by atomic mass is 10.1. The molecular weight excluding hydrogens is 378 g/mol. The number of benzene rings is 1. The highest BCUT2D eigenvalue weighted by molar-refractivity contribution is 5.63. The molecule has 1 aromatic heterocycles. The fourth-order valence-electron chi connectivity index (χ4n) is 3.89. The quantitative estimate of drug-likeness (QED) is 0.476. The van der Waals surface area contributed by atoms with E-state index in [4.69, 9.17) is 19.2 Å². The summed E-state index contributed by atoms with van der Waals surface area (Å²) >= 11 is 0. The Morgan fingerprint density at radius 2 is 1.73 bits per heavy atom. The standard InChI is InChI=1S/C24H31N3O3/c1-6-27(3)14-25-21-13-20(16-7-8-16)24(26-15(21)2)30-19-9-17-11-22(28-4)23(29-5)12-18(17)10-19/h11-14,16,19H,6-10H2,1-5H3. The van der Waals surface area contributed by atoms with Crippen molar-refractivity contribution in [3.63, 3.8) is 0 Å². The number of pyridine rings is 1. The maximum absolute atomic E-state index is 6.46. The number of methoxy groups -OCH3 is 2. The van der Waals surface area contributed by atoms with Crippen LogP contribution in [0.5, 0.6) is 17.4 Å². The average molecular weight is 410 g/mol. The summed E-state index contributed by atoms with van der Waals surface area (Å²) in [5.74, 6) is 2.84. The molecule has 2 aliphatic rings. The highest BCUT2D eigenvalue weighted by Crippen LogP contribution is 2.46. The lowest BCUT2D eigenvalue weighted by molar-refractivity contribution is 0.202. The van der Waals surface area contributed by atoms with Gasteiger partial charge in [0.05, 0.1) is 31.9 Å². The number of aromatic nitrogens is 1. The lowest BCUT2D eigenvalue weighted by Gasteiger charge is -2.17. The van der Waals surface area contributed by atoms with Crippen LogP contribution in [-0.4, -0.2) is 50.1 Å². The molecule has 0 bridgehead atoms. The molecule has 30 heavy (non-hydrogen) atoms. The van der Waals surface area contributed by atoms with Crippen LogP contribution < -0.4 is 14.2 Å². The first kappa shape index (κ1) is 20.5. The van der Waals surface area contributed by atoms with Crippen molar-refractivity contribution in [1.82, 2.24) is 9.88 Å². The minimum Gasteiger partial charge on any atom is -0.493 e. The van der Waals surface area contributed by atoms with Crippen molar-refractivity contribution < 1.29 is 14.2 Å². The number of nitrogens with zero attached hydrogens (tertiary/aromatic N) is 3. The molecule has 160 valence electrons. The summed E-state index contributed by atoms with van der Waals surface area (Å²) in [6, 6.07) is 6.31. The van der Waals surface area contributed by atoms with Crippen LogP contribution in [0.4, 0.5) is 5.69 Å². The van der Waals surface area contributed by atoms with E-state index in [0.29, 0.717) is 5.92 Å². The summed E-state index contributed by atoms with van der Waals surface area (Å²) in [4.78, 5) is 11.5. The zero-order chi connectivity index (χ0) is 21.3. The molecule has 2 aliphatic carbocycles. The van der Waals surface area contributed by atoms with Crippen LogP contribution in [0.3, 0.4) is 0 Å². The molecule has 0 atom stereocenters. The van der Waals surface area contributed by atoms with Gasteiger partial charge < -0.3 is 19.1 Å². The maximum atomic E-state index is 6.46. The molecule has 0 saturated heterocycles. The first-order valence-corrected chi connectivity index (χ1v) is 10.7. The normalized spacial score (nSPS) is 16.0. The summed E-state index contributed by atoms with van der Waals surface area (Å²) in [6.07, 6.45) is 6.03. The topological polar surface area (TPSA) is 56.2 Å². The van der Waals surface area contributed by atoms with Crippen LogP contribution in [0.1, 0.15) is 48.1 Å². The van der Waals surface area contributed by atoms with Gasteiger partial charge >= 0.3 is 0 Å². The Balaban J connectivity index is 1.56. The molecule has 0 amide bonds. The molecule has 2 aromatic rings. The Labute approximate surface area is 178 Å². The summed E-state index contributed by atoms with van der Waals surface area (Å²) in [6.45, 7) is 5.03. The van der Waals surface area contributed by atoms with Crippen LogP contribution in [0, 0.1) is 6.92 Å². The number of hydrogen-bond donors (Lipinski definition) is 0. The molecule has 1 fully saturated rings. The van der Waals surface area contributed by atoms with Gasteiger partial charge in [0.1, 0.15) is 6.10 Å². The highest BCUT2D eigenvalue weighted by atomic mass is 16.5. The van der Waals surface area contributed by atoms with E-state index >= 15 is 0 Å². The van der Waals surface area contributed by atoms with Crippen molar-refractivity contribution in [1.29, 1.82) is 0 Å². The molecule has 1 heterocycles. The Hall–Kier alpha value is -2.76. The summed E-state index contributed by atoms with van der Waals surface area (Å²) in [5, 5.41) is 0. The highest BCUT2D eigenvalue weighted by Gasteiger charge is 2.31. The van der Waals surface area contributed by atoms with Crippen LogP contribution >= 0.6 is 0 Å². The number of fused-ring (bicyclic) bond motifs is 1. The molecular formula is C24H31N3O3. The van der Waals surface area contributed by atoms with Crippen molar-refractivity contribution in [3.05, 3.63) is 40.6 Å². The van der Waals surface area contributed by atoms with E-state index in [0.717, 1.165) is 48.1 Å². The number of ether oxygens (including phenoxy) is 3. The summed E-state index contributed by atoms with van der Waals surface area (Å²) < 4.78 is 17.4. The van der Waals surface area contributed by atoms with E-state index in [1.807, 2.05) is 20.3 Å². The van der Waals surface area contributed by atoms with Crippen molar-refractivity contribution in [2.75, 3.05) is 27.8 Å². The average Bonchev–Trinajstić information content (AvgIpc) is 3.51. The Bertz CT molecular complexity index is 920.